The van der Waals surface area contributed by atoms with Gasteiger partial charge in [0.25, 0.3) is 0 Å². The molecule has 0 bridgehead atoms. The van der Waals surface area contributed by atoms with E-state index in [1.54, 1.807) is 12.1 Å². The van der Waals surface area contributed by atoms with Gasteiger partial charge in [-0.25, -0.2) is 0 Å². The van der Waals surface area contributed by atoms with E-state index in [2.05, 4.69) is 43.3 Å². The fourth-order valence-electron chi connectivity index (χ4n) is 2.82. The van der Waals surface area contributed by atoms with Crippen LogP contribution in [0.2, 0.25) is 0 Å². The minimum absolute atomic E-state index is 0.0449. The van der Waals surface area contributed by atoms with Crippen LogP contribution in [-0.2, 0) is 0 Å². The molecule has 23 heavy (non-hydrogen) atoms. The van der Waals surface area contributed by atoms with E-state index in [1.165, 1.54) is 17.7 Å². The van der Waals surface area contributed by atoms with Crippen LogP contribution >= 0.6 is 0 Å². The lowest BCUT2D eigenvalue weighted by atomic mass is 9.81. The Bertz CT molecular complexity index is 750. The van der Waals surface area contributed by atoms with Gasteiger partial charge in [-0.2, -0.15) is 0 Å². The van der Waals surface area contributed by atoms with Gasteiger partial charge in [0, 0.05) is 5.92 Å². The molecule has 3 aromatic rings. The molecule has 0 aromatic heterocycles. The molecule has 1 atom stereocenters. The lowest BCUT2D eigenvalue weighted by Gasteiger charge is -2.19. The topological polar surface area (TPSA) is 0 Å². The number of halogens is 2. The fourth-order valence-corrected chi connectivity index (χ4v) is 2.82. The number of rotatable bonds is 4. The van der Waals surface area contributed by atoms with E-state index in [9.17, 15) is 8.63 Å². The summed E-state index contributed by atoms with van der Waals surface area (Å²) in [5, 5.41) is 0. The molecule has 114 valence electrons. The average Bonchev–Trinajstić information content (AvgIpc) is 2.58. The van der Waals surface area contributed by atoms with Crippen LogP contribution in [0.15, 0.2) is 78.9 Å². The van der Waals surface area contributed by atoms with Gasteiger partial charge < -0.3 is 0 Å². The molecular weight excluding hydrogens is 289 g/mol. The van der Waals surface area contributed by atoms with Crippen molar-refractivity contribution >= 4 is 12.7 Å². The summed E-state index contributed by atoms with van der Waals surface area (Å²) >= 11 is 0. The number of benzene rings is 3. The van der Waals surface area contributed by atoms with E-state index >= 15 is 0 Å². The van der Waals surface area contributed by atoms with Crippen LogP contribution < -0.4 is 5.46 Å². The van der Waals surface area contributed by atoms with E-state index in [0.29, 0.717) is 0 Å². The molecule has 3 heteroatoms. The van der Waals surface area contributed by atoms with E-state index in [4.69, 9.17) is 0 Å². The monoisotopic (exact) mass is 306 g/mol. The van der Waals surface area contributed by atoms with Crippen molar-refractivity contribution in [3.8, 4) is 0 Å². The van der Waals surface area contributed by atoms with E-state index in [1.807, 2.05) is 18.2 Å². The molecule has 0 saturated heterocycles. The third-order valence-corrected chi connectivity index (χ3v) is 4.07. The van der Waals surface area contributed by atoms with Gasteiger partial charge in [0.2, 0.25) is 0 Å². The zero-order chi connectivity index (χ0) is 16.2. The van der Waals surface area contributed by atoms with Gasteiger partial charge >= 0.3 is 7.27 Å². The molecule has 1 unspecified atom stereocenters. The van der Waals surface area contributed by atoms with Crippen molar-refractivity contribution in [2.75, 3.05) is 0 Å². The molecule has 0 spiro atoms. The Kier molecular flexibility index (Phi) is 4.56. The normalized spacial score (nSPS) is 12.0. The molecule has 0 radical (unpaired) electrons. The highest BCUT2D eigenvalue weighted by Crippen LogP contribution is 2.31. The fraction of sp³-hybridized carbons (Fsp3) is 0.100. The largest absolute Gasteiger partial charge is 0.571 e. The molecule has 3 aromatic carbocycles. The Balaban J connectivity index is 2.06. The average molecular weight is 306 g/mol. The first-order chi connectivity index (χ1) is 11.1. The van der Waals surface area contributed by atoms with Crippen LogP contribution in [0.3, 0.4) is 0 Å². The van der Waals surface area contributed by atoms with Gasteiger partial charge in [-0.05, 0) is 29.1 Å². The van der Waals surface area contributed by atoms with Crippen molar-refractivity contribution in [3.63, 3.8) is 0 Å². The second-order valence-corrected chi connectivity index (χ2v) is 5.72. The predicted octanol–water partition coefficient (Wildman–Crippen LogP) is 4.81. The first kappa shape index (κ1) is 15.5. The Labute approximate surface area is 136 Å². The standard InChI is InChI=1S/C20H17BF2/c1-15-7-9-17(10-8-15)20(16-5-3-2-4-6-16)18-11-13-19(14-12-18)21(22)23/h2-14,20H,1H3. The zero-order valence-corrected chi connectivity index (χ0v) is 12.9. The molecule has 0 aliphatic heterocycles. The summed E-state index contributed by atoms with van der Waals surface area (Å²) < 4.78 is 25.6. The van der Waals surface area contributed by atoms with Crippen molar-refractivity contribution in [2.24, 2.45) is 0 Å². The Morgan fingerprint density at radius 3 is 1.65 bits per heavy atom. The van der Waals surface area contributed by atoms with Crippen molar-refractivity contribution in [3.05, 3.63) is 101 Å². The second kappa shape index (κ2) is 6.78. The first-order valence-corrected chi connectivity index (χ1v) is 7.64. The number of hydrogen-bond acceptors (Lipinski definition) is 0. The highest BCUT2D eigenvalue weighted by atomic mass is 19.2. The molecule has 0 aliphatic rings. The second-order valence-electron chi connectivity index (χ2n) is 5.72. The maximum atomic E-state index is 12.8. The van der Waals surface area contributed by atoms with Gasteiger partial charge in [0.1, 0.15) is 0 Å². The SMILES string of the molecule is Cc1ccc(C(c2ccccc2)c2ccc(B(F)F)cc2)cc1. The molecule has 0 fully saturated rings. The van der Waals surface area contributed by atoms with Crippen LogP contribution in [0.4, 0.5) is 8.63 Å². The van der Waals surface area contributed by atoms with Crippen molar-refractivity contribution in [1.29, 1.82) is 0 Å². The Morgan fingerprint density at radius 1 is 0.652 bits per heavy atom. The smallest absolute Gasteiger partial charge is 0.281 e. The minimum atomic E-state index is -2.43. The highest BCUT2D eigenvalue weighted by molar-refractivity contribution is 6.59. The molecule has 0 aliphatic carbocycles. The van der Waals surface area contributed by atoms with Crippen molar-refractivity contribution < 1.29 is 8.63 Å². The van der Waals surface area contributed by atoms with Crippen molar-refractivity contribution in [2.45, 2.75) is 12.8 Å². The summed E-state index contributed by atoms with van der Waals surface area (Å²) in [6.07, 6.45) is 0. The molecular formula is C20H17BF2. The number of aryl methyl sites for hydroxylation is 1. The summed E-state index contributed by atoms with van der Waals surface area (Å²) in [4.78, 5) is 0. The van der Waals surface area contributed by atoms with Gasteiger partial charge in [0.05, 0.1) is 0 Å². The van der Waals surface area contributed by atoms with Crippen LogP contribution in [0.25, 0.3) is 0 Å². The third kappa shape index (κ3) is 3.50. The summed E-state index contributed by atoms with van der Waals surface area (Å²) in [6.45, 7) is 2.05. The summed E-state index contributed by atoms with van der Waals surface area (Å²) in [7, 11) is -2.43. The highest BCUT2D eigenvalue weighted by Gasteiger charge is 2.19. The Morgan fingerprint density at radius 2 is 1.13 bits per heavy atom. The molecule has 0 amide bonds. The minimum Gasteiger partial charge on any atom is -0.281 e. The van der Waals surface area contributed by atoms with E-state index < -0.39 is 7.27 Å². The van der Waals surface area contributed by atoms with Crippen LogP contribution in [-0.4, -0.2) is 7.27 Å². The number of hydrogen-bond donors (Lipinski definition) is 0. The molecule has 0 saturated carbocycles. The third-order valence-electron chi connectivity index (χ3n) is 4.07. The van der Waals surface area contributed by atoms with Gasteiger partial charge in [-0.3, -0.25) is 8.63 Å². The predicted molar refractivity (Wildman–Crippen MR) is 92.6 cm³/mol. The maximum absolute atomic E-state index is 12.8. The van der Waals surface area contributed by atoms with Crippen LogP contribution in [0.5, 0.6) is 0 Å². The lowest BCUT2D eigenvalue weighted by Crippen LogP contribution is -2.20. The molecule has 3 rings (SSSR count). The maximum Gasteiger partial charge on any atom is 0.571 e. The molecule has 0 N–H and O–H groups in total. The molecule has 0 heterocycles. The van der Waals surface area contributed by atoms with E-state index in [0.717, 1.165) is 16.7 Å². The molecule has 0 nitrogen and oxygen atoms in total. The zero-order valence-electron chi connectivity index (χ0n) is 12.9. The van der Waals surface area contributed by atoms with Gasteiger partial charge in [-0.15, -0.1) is 0 Å². The summed E-state index contributed by atoms with van der Waals surface area (Å²) in [6, 6.07) is 25.2. The summed E-state index contributed by atoms with van der Waals surface area (Å²) in [5.41, 5.74) is 4.59. The summed E-state index contributed by atoms with van der Waals surface area (Å²) in [5.74, 6) is 0.0449. The van der Waals surface area contributed by atoms with E-state index in [-0.39, 0.29) is 11.4 Å². The lowest BCUT2D eigenvalue weighted by molar-refractivity contribution is 0.685. The van der Waals surface area contributed by atoms with Crippen LogP contribution in [0.1, 0.15) is 28.2 Å². The van der Waals surface area contributed by atoms with Crippen LogP contribution in [0, 0.1) is 6.92 Å². The first-order valence-electron chi connectivity index (χ1n) is 7.64. The quantitative estimate of drug-likeness (QED) is 0.479. The Hall–Kier alpha value is -2.42. The van der Waals surface area contributed by atoms with Crippen molar-refractivity contribution in [1.82, 2.24) is 0 Å². The van der Waals surface area contributed by atoms with Gasteiger partial charge in [-0.1, -0.05) is 84.4 Å². The van der Waals surface area contributed by atoms with Gasteiger partial charge in [0.15, 0.2) is 0 Å².